The molecule has 0 saturated heterocycles. The zero-order chi connectivity index (χ0) is 16.9. The summed E-state index contributed by atoms with van der Waals surface area (Å²) in [6, 6.07) is 15.7. The van der Waals surface area contributed by atoms with E-state index in [0.29, 0.717) is 11.6 Å². The normalized spacial score (nSPS) is 10.6. The minimum absolute atomic E-state index is 0.498. The molecule has 0 spiro atoms. The lowest BCUT2D eigenvalue weighted by molar-refractivity contribution is 0.307. The first-order chi connectivity index (χ1) is 11.7. The van der Waals surface area contributed by atoms with Crippen LogP contribution < -0.4 is 4.74 Å². The Bertz CT molecular complexity index is 840. The van der Waals surface area contributed by atoms with E-state index in [0.717, 1.165) is 33.3 Å². The molecule has 0 fully saturated rings. The Kier molecular flexibility index (Phi) is 5.38. The van der Waals surface area contributed by atoms with E-state index in [2.05, 4.69) is 9.97 Å². The molecule has 3 aromatic rings. The Balaban J connectivity index is 1.94. The van der Waals surface area contributed by atoms with E-state index in [1.807, 2.05) is 67.9 Å². The molecule has 3 rings (SSSR count). The van der Waals surface area contributed by atoms with Crippen molar-refractivity contribution >= 4 is 23.4 Å². The van der Waals surface area contributed by atoms with Crippen LogP contribution in [0.3, 0.4) is 0 Å². The Labute approximate surface area is 151 Å². The average Bonchev–Trinajstić information content (AvgIpc) is 2.61. The molecule has 2 aromatic carbocycles. The summed E-state index contributed by atoms with van der Waals surface area (Å²) in [7, 11) is 0. The van der Waals surface area contributed by atoms with Gasteiger partial charge in [0, 0.05) is 28.0 Å². The van der Waals surface area contributed by atoms with Gasteiger partial charge in [-0.1, -0.05) is 53.7 Å². The number of benzene rings is 2. The van der Waals surface area contributed by atoms with E-state index in [-0.39, 0.29) is 0 Å². The van der Waals surface area contributed by atoms with E-state index >= 15 is 0 Å². The fourth-order valence-electron chi connectivity index (χ4n) is 2.38. The van der Waals surface area contributed by atoms with Crippen LogP contribution >= 0.6 is 23.4 Å². The highest BCUT2D eigenvalue weighted by Crippen LogP contribution is 2.34. The van der Waals surface area contributed by atoms with Crippen LogP contribution in [-0.2, 0) is 6.61 Å². The van der Waals surface area contributed by atoms with Crippen molar-refractivity contribution in [3.8, 4) is 16.9 Å². The van der Waals surface area contributed by atoms with Gasteiger partial charge in [-0.3, -0.25) is 0 Å². The molecule has 0 aliphatic rings. The lowest BCUT2D eigenvalue weighted by Crippen LogP contribution is -1.99. The first-order valence-corrected chi connectivity index (χ1v) is 9.12. The number of ether oxygens (including phenoxy) is 1. The summed E-state index contributed by atoms with van der Waals surface area (Å²) in [6.45, 7) is 2.47. The van der Waals surface area contributed by atoms with Gasteiger partial charge in [0.05, 0.1) is 0 Å². The topological polar surface area (TPSA) is 35.0 Å². The average molecular weight is 357 g/mol. The summed E-state index contributed by atoms with van der Waals surface area (Å²) in [5.74, 6) is 0.770. The maximum atomic E-state index is 6.19. The molecule has 0 aliphatic heterocycles. The second-order valence-corrected chi connectivity index (χ2v) is 6.48. The highest BCUT2D eigenvalue weighted by Gasteiger charge is 2.12. The Morgan fingerprint density at radius 1 is 1.08 bits per heavy atom. The minimum atomic E-state index is 0.498. The second kappa shape index (κ2) is 7.69. The zero-order valence-electron chi connectivity index (χ0n) is 13.5. The van der Waals surface area contributed by atoms with Crippen molar-refractivity contribution in [2.24, 2.45) is 0 Å². The molecule has 0 bridgehead atoms. The van der Waals surface area contributed by atoms with E-state index in [1.165, 1.54) is 11.8 Å². The third-order valence-electron chi connectivity index (χ3n) is 3.61. The second-order valence-electron chi connectivity index (χ2n) is 5.27. The van der Waals surface area contributed by atoms with E-state index in [1.54, 1.807) is 0 Å². The van der Waals surface area contributed by atoms with Crippen LogP contribution in [0, 0.1) is 6.92 Å². The van der Waals surface area contributed by atoms with Gasteiger partial charge in [0.1, 0.15) is 12.4 Å². The first kappa shape index (κ1) is 16.8. The molecular weight excluding hydrogens is 340 g/mol. The van der Waals surface area contributed by atoms with Crippen LogP contribution in [0.1, 0.15) is 11.3 Å². The molecule has 5 heteroatoms. The van der Waals surface area contributed by atoms with Crippen LogP contribution in [0.15, 0.2) is 59.9 Å². The highest BCUT2D eigenvalue weighted by atomic mass is 35.5. The third-order valence-corrected chi connectivity index (χ3v) is 4.41. The van der Waals surface area contributed by atoms with Crippen molar-refractivity contribution < 1.29 is 4.74 Å². The molecule has 122 valence electrons. The number of thioether (sulfide) groups is 1. The summed E-state index contributed by atoms with van der Waals surface area (Å²) in [5, 5.41) is 1.41. The lowest BCUT2D eigenvalue weighted by atomic mass is 10.1. The number of aromatic nitrogens is 2. The van der Waals surface area contributed by atoms with Gasteiger partial charge < -0.3 is 4.74 Å². The number of aryl methyl sites for hydroxylation is 1. The number of rotatable bonds is 5. The Morgan fingerprint density at radius 3 is 2.58 bits per heavy atom. The Morgan fingerprint density at radius 2 is 1.88 bits per heavy atom. The van der Waals surface area contributed by atoms with Gasteiger partial charge in [0.2, 0.25) is 0 Å². The molecule has 0 radical (unpaired) electrons. The maximum absolute atomic E-state index is 6.19. The number of hydrogen-bond donors (Lipinski definition) is 0. The molecule has 0 unspecified atom stereocenters. The van der Waals surface area contributed by atoms with Crippen LogP contribution in [0.5, 0.6) is 5.75 Å². The van der Waals surface area contributed by atoms with Gasteiger partial charge in [-0.25, -0.2) is 9.97 Å². The molecule has 0 N–H and O–H groups in total. The molecule has 1 aromatic heterocycles. The fourth-order valence-corrected chi connectivity index (χ4v) is 2.94. The van der Waals surface area contributed by atoms with Gasteiger partial charge in [-0.2, -0.15) is 0 Å². The van der Waals surface area contributed by atoms with Crippen molar-refractivity contribution in [1.29, 1.82) is 0 Å². The largest absolute Gasteiger partial charge is 0.488 e. The summed E-state index contributed by atoms with van der Waals surface area (Å²) in [5.41, 5.74) is 3.85. The van der Waals surface area contributed by atoms with E-state index < -0.39 is 0 Å². The van der Waals surface area contributed by atoms with Gasteiger partial charge in [0.25, 0.3) is 0 Å². The molecule has 0 amide bonds. The molecule has 1 heterocycles. The summed E-state index contributed by atoms with van der Waals surface area (Å²) in [6.07, 6.45) is 3.79. The van der Waals surface area contributed by atoms with Crippen LogP contribution in [0.2, 0.25) is 5.02 Å². The smallest absolute Gasteiger partial charge is 0.187 e. The predicted molar refractivity (Wildman–Crippen MR) is 99.8 cm³/mol. The highest BCUT2D eigenvalue weighted by molar-refractivity contribution is 7.98. The number of halogens is 1. The molecule has 0 aliphatic carbocycles. The van der Waals surface area contributed by atoms with Gasteiger partial charge in [-0.15, -0.1) is 0 Å². The summed E-state index contributed by atoms with van der Waals surface area (Å²) >= 11 is 7.72. The monoisotopic (exact) mass is 356 g/mol. The first-order valence-electron chi connectivity index (χ1n) is 7.51. The standard InChI is InChI=1S/C19H17ClN2OS/c1-13-17(11-21-19(22-13)24-2)16-10-15(20)8-9-18(16)23-12-14-6-4-3-5-7-14/h3-11H,12H2,1-2H3. The van der Waals surface area contributed by atoms with Crippen molar-refractivity contribution in [3.63, 3.8) is 0 Å². The number of nitrogens with zero attached hydrogens (tertiary/aromatic N) is 2. The van der Waals surface area contributed by atoms with Crippen molar-refractivity contribution in [2.75, 3.05) is 6.26 Å². The number of hydrogen-bond acceptors (Lipinski definition) is 4. The van der Waals surface area contributed by atoms with Crippen molar-refractivity contribution in [2.45, 2.75) is 18.7 Å². The quantitative estimate of drug-likeness (QED) is 0.452. The van der Waals surface area contributed by atoms with Gasteiger partial charge >= 0.3 is 0 Å². The molecular formula is C19H17ClN2OS. The fraction of sp³-hybridized carbons (Fsp3) is 0.158. The van der Waals surface area contributed by atoms with Gasteiger partial charge in [-0.05, 0) is 36.9 Å². The van der Waals surface area contributed by atoms with Crippen LogP contribution in [0.4, 0.5) is 0 Å². The minimum Gasteiger partial charge on any atom is -0.488 e. The lowest BCUT2D eigenvalue weighted by Gasteiger charge is -2.14. The van der Waals surface area contributed by atoms with Crippen LogP contribution in [-0.4, -0.2) is 16.2 Å². The van der Waals surface area contributed by atoms with Gasteiger partial charge in [0.15, 0.2) is 5.16 Å². The predicted octanol–water partition coefficient (Wildman–Crippen LogP) is 5.41. The molecule has 24 heavy (non-hydrogen) atoms. The summed E-state index contributed by atoms with van der Waals surface area (Å²) < 4.78 is 6.02. The van der Waals surface area contributed by atoms with E-state index in [9.17, 15) is 0 Å². The van der Waals surface area contributed by atoms with Crippen LogP contribution in [0.25, 0.3) is 11.1 Å². The molecule has 3 nitrogen and oxygen atoms in total. The summed E-state index contributed by atoms with van der Waals surface area (Å²) in [4.78, 5) is 8.89. The zero-order valence-corrected chi connectivity index (χ0v) is 15.1. The SMILES string of the molecule is CSc1ncc(-c2cc(Cl)ccc2OCc2ccccc2)c(C)n1. The molecule has 0 saturated carbocycles. The third kappa shape index (κ3) is 3.89. The van der Waals surface area contributed by atoms with Crippen molar-refractivity contribution in [1.82, 2.24) is 9.97 Å². The maximum Gasteiger partial charge on any atom is 0.187 e. The van der Waals surface area contributed by atoms with E-state index in [4.69, 9.17) is 16.3 Å². The Hall–Kier alpha value is -2.04. The molecule has 0 atom stereocenters. The van der Waals surface area contributed by atoms with Crippen molar-refractivity contribution in [3.05, 3.63) is 71.0 Å².